The van der Waals surface area contributed by atoms with Crippen LogP contribution in [0, 0.1) is 0 Å². The first-order valence-corrected chi connectivity index (χ1v) is 8.45. The summed E-state index contributed by atoms with van der Waals surface area (Å²) in [5.41, 5.74) is 0.573. The molecule has 0 unspecified atom stereocenters. The van der Waals surface area contributed by atoms with Gasteiger partial charge >= 0.3 is 11.9 Å². The van der Waals surface area contributed by atoms with E-state index in [2.05, 4.69) is 4.72 Å². The minimum Gasteiger partial charge on any atom is -0.478 e. The van der Waals surface area contributed by atoms with Gasteiger partial charge in [0.1, 0.15) is 0 Å². The van der Waals surface area contributed by atoms with Crippen molar-refractivity contribution in [3.63, 3.8) is 0 Å². The number of ether oxygens (including phenoxy) is 1. The maximum atomic E-state index is 12.3. The number of carboxylic acids is 1. The standard InChI is InChI=1S/C16H15NO6S/c1-2-23-16(20)12-3-7-13(8-4-12)17-24(21,22)14-9-5-11(6-10-14)15(18)19/h3-10,17H,2H2,1H3,(H,18,19). The zero-order valence-electron chi connectivity index (χ0n) is 12.7. The van der Waals surface area contributed by atoms with Gasteiger partial charge in [-0.05, 0) is 55.5 Å². The molecule has 2 rings (SSSR count). The third kappa shape index (κ3) is 4.11. The summed E-state index contributed by atoms with van der Waals surface area (Å²) in [6, 6.07) is 10.6. The van der Waals surface area contributed by atoms with Crippen molar-refractivity contribution in [3.8, 4) is 0 Å². The Morgan fingerprint density at radius 1 is 1.00 bits per heavy atom. The van der Waals surface area contributed by atoms with E-state index in [-0.39, 0.29) is 22.8 Å². The zero-order valence-corrected chi connectivity index (χ0v) is 13.5. The molecule has 0 aromatic heterocycles. The van der Waals surface area contributed by atoms with Gasteiger partial charge in [0.05, 0.1) is 22.6 Å². The highest BCUT2D eigenvalue weighted by atomic mass is 32.2. The van der Waals surface area contributed by atoms with Crippen LogP contribution in [0.15, 0.2) is 53.4 Å². The van der Waals surface area contributed by atoms with Crippen molar-refractivity contribution >= 4 is 27.6 Å². The van der Waals surface area contributed by atoms with E-state index < -0.39 is 22.0 Å². The number of anilines is 1. The molecule has 0 amide bonds. The number of carbonyl (C=O) groups is 2. The maximum absolute atomic E-state index is 12.3. The van der Waals surface area contributed by atoms with Gasteiger partial charge in [-0.2, -0.15) is 0 Å². The molecule has 0 saturated heterocycles. The lowest BCUT2D eigenvalue weighted by Crippen LogP contribution is -2.13. The van der Waals surface area contributed by atoms with Crippen LogP contribution in [0.3, 0.4) is 0 Å². The number of nitrogens with one attached hydrogen (secondary N) is 1. The van der Waals surface area contributed by atoms with Crippen LogP contribution < -0.4 is 4.72 Å². The predicted octanol–water partition coefficient (Wildman–Crippen LogP) is 2.36. The number of sulfonamides is 1. The molecule has 2 N–H and O–H groups in total. The highest BCUT2D eigenvalue weighted by Gasteiger charge is 2.15. The van der Waals surface area contributed by atoms with Gasteiger partial charge in [0.2, 0.25) is 0 Å². The number of carbonyl (C=O) groups excluding carboxylic acids is 1. The Labute approximate surface area is 138 Å². The topological polar surface area (TPSA) is 110 Å². The van der Waals surface area contributed by atoms with Crippen LogP contribution >= 0.6 is 0 Å². The largest absolute Gasteiger partial charge is 0.478 e. The monoisotopic (exact) mass is 349 g/mol. The number of esters is 1. The molecule has 2 aromatic carbocycles. The molecule has 126 valence electrons. The molecule has 0 spiro atoms. The normalized spacial score (nSPS) is 10.9. The van der Waals surface area contributed by atoms with Crippen LogP contribution in [0.25, 0.3) is 0 Å². The molecule has 0 heterocycles. The Kier molecular flexibility index (Phi) is 5.20. The summed E-state index contributed by atoms with van der Waals surface area (Å²) in [5.74, 6) is -1.63. The fraction of sp³-hybridized carbons (Fsp3) is 0.125. The first-order chi connectivity index (χ1) is 11.3. The lowest BCUT2D eigenvalue weighted by Gasteiger charge is -2.09. The minimum absolute atomic E-state index is 0.00672. The Hall–Kier alpha value is -2.87. The van der Waals surface area contributed by atoms with Gasteiger partial charge in [-0.1, -0.05) is 0 Å². The lowest BCUT2D eigenvalue weighted by molar-refractivity contribution is 0.0526. The van der Waals surface area contributed by atoms with Gasteiger partial charge in [-0.25, -0.2) is 18.0 Å². The molecule has 0 saturated carbocycles. The first kappa shape index (κ1) is 17.5. The van der Waals surface area contributed by atoms with Gasteiger partial charge in [0.25, 0.3) is 10.0 Å². The summed E-state index contributed by atoms with van der Waals surface area (Å²) >= 11 is 0. The lowest BCUT2D eigenvalue weighted by atomic mass is 10.2. The van der Waals surface area contributed by atoms with Crippen LogP contribution in [0.5, 0.6) is 0 Å². The smallest absolute Gasteiger partial charge is 0.338 e. The first-order valence-electron chi connectivity index (χ1n) is 6.97. The van der Waals surface area contributed by atoms with Crippen LogP contribution in [-0.4, -0.2) is 32.1 Å². The van der Waals surface area contributed by atoms with E-state index in [1.54, 1.807) is 6.92 Å². The van der Waals surface area contributed by atoms with E-state index in [0.717, 1.165) is 0 Å². The third-order valence-electron chi connectivity index (χ3n) is 3.06. The fourth-order valence-corrected chi connectivity index (χ4v) is 2.94. The highest BCUT2D eigenvalue weighted by molar-refractivity contribution is 7.92. The molecule has 8 heteroatoms. The minimum atomic E-state index is -3.86. The summed E-state index contributed by atoms with van der Waals surface area (Å²) < 4.78 is 31.7. The van der Waals surface area contributed by atoms with Crippen molar-refractivity contribution in [2.45, 2.75) is 11.8 Å². The van der Waals surface area contributed by atoms with Gasteiger partial charge < -0.3 is 9.84 Å². The Bertz CT molecular complexity index is 841. The van der Waals surface area contributed by atoms with Crippen molar-refractivity contribution in [1.29, 1.82) is 0 Å². The van der Waals surface area contributed by atoms with Crippen LogP contribution in [0.4, 0.5) is 5.69 Å². The third-order valence-corrected chi connectivity index (χ3v) is 4.46. The van der Waals surface area contributed by atoms with E-state index in [1.165, 1.54) is 48.5 Å². The number of aromatic carboxylic acids is 1. The number of carboxylic acid groups (broad SMARTS) is 1. The molecule has 7 nitrogen and oxygen atoms in total. The molecule has 0 aliphatic rings. The molecule has 0 aliphatic carbocycles. The average molecular weight is 349 g/mol. The Morgan fingerprint density at radius 3 is 2.04 bits per heavy atom. The van der Waals surface area contributed by atoms with E-state index in [4.69, 9.17) is 9.84 Å². The zero-order chi connectivity index (χ0) is 17.7. The number of benzene rings is 2. The molecule has 0 radical (unpaired) electrons. The van der Waals surface area contributed by atoms with Crippen molar-refractivity contribution in [1.82, 2.24) is 0 Å². The molecular weight excluding hydrogens is 334 g/mol. The molecule has 24 heavy (non-hydrogen) atoms. The Balaban J connectivity index is 2.16. The van der Waals surface area contributed by atoms with E-state index in [9.17, 15) is 18.0 Å². The van der Waals surface area contributed by atoms with Gasteiger partial charge in [-0.15, -0.1) is 0 Å². The van der Waals surface area contributed by atoms with Crippen LogP contribution in [-0.2, 0) is 14.8 Å². The van der Waals surface area contributed by atoms with Crippen molar-refractivity contribution in [2.24, 2.45) is 0 Å². The summed E-state index contributed by atoms with van der Waals surface area (Å²) in [4.78, 5) is 22.3. The second-order valence-electron chi connectivity index (χ2n) is 4.73. The van der Waals surface area contributed by atoms with Crippen LogP contribution in [0.2, 0.25) is 0 Å². The SMILES string of the molecule is CCOC(=O)c1ccc(NS(=O)(=O)c2ccc(C(=O)O)cc2)cc1. The second-order valence-corrected chi connectivity index (χ2v) is 6.42. The molecule has 2 aromatic rings. The molecule has 0 aliphatic heterocycles. The molecule has 0 bridgehead atoms. The van der Waals surface area contributed by atoms with Gasteiger partial charge in [0, 0.05) is 5.69 Å². The molecule has 0 atom stereocenters. The predicted molar refractivity (Wildman–Crippen MR) is 86.6 cm³/mol. The van der Waals surface area contributed by atoms with Crippen molar-refractivity contribution < 1.29 is 27.9 Å². The summed E-state index contributed by atoms with van der Waals surface area (Å²) in [6.45, 7) is 1.94. The fourth-order valence-electron chi connectivity index (χ4n) is 1.88. The number of rotatable bonds is 6. The van der Waals surface area contributed by atoms with Crippen LogP contribution in [0.1, 0.15) is 27.6 Å². The summed E-state index contributed by atoms with van der Waals surface area (Å²) in [7, 11) is -3.86. The highest BCUT2D eigenvalue weighted by Crippen LogP contribution is 2.17. The quantitative estimate of drug-likeness (QED) is 0.775. The molecular formula is C16H15NO6S. The summed E-state index contributed by atoms with van der Waals surface area (Å²) in [6.07, 6.45) is 0. The maximum Gasteiger partial charge on any atom is 0.338 e. The number of hydrogen-bond donors (Lipinski definition) is 2. The Morgan fingerprint density at radius 2 is 1.54 bits per heavy atom. The second kappa shape index (κ2) is 7.14. The number of hydrogen-bond acceptors (Lipinski definition) is 5. The summed E-state index contributed by atoms with van der Waals surface area (Å²) in [5, 5.41) is 8.82. The average Bonchev–Trinajstić information content (AvgIpc) is 2.55. The van der Waals surface area contributed by atoms with Gasteiger partial charge in [-0.3, -0.25) is 4.72 Å². The van der Waals surface area contributed by atoms with E-state index >= 15 is 0 Å². The van der Waals surface area contributed by atoms with Gasteiger partial charge in [0.15, 0.2) is 0 Å². The van der Waals surface area contributed by atoms with Crippen molar-refractivity contribution in [2.75, 3.05) is 11.3 Å². The van der Waals surface area contributed by atoms with E-state index in [0.29, 0.717) is 5.56 Å². The van der Waals surface area contributed by atoms with E-state index in [1.807, 2.05) is 0 Å². The van der Waals surface area contributed by atoms with Crippen molar-refractivity contribution in [3.05, 3.63) is 59.7 Å². The molecule has 0 fully saturated rings.